The third-order valence-corrected chi connectivity index (χ3v) is 4.21. The molecule has 1 aromatic carbocycles. The summed E-state index contributed by atoms with van der Waals surface area (Å²) in [5.41, 5.74) is 2.53. The first kappa shape index (κ1) is 18.4. The molecular weight excluding hydrogens is 340 g/mol. The van der Waals surface area contributed by atoms with Gasteiger partial charge in [-0.05, 0) is 48.4 Å². The normalized spacial score (nSPS) is 10.3. The second-order valence-electron chi connectivity index (χ2n) is 6.09. The summed E-state index contributed by atoms with van der Waals surface area (Å²) in [5.74, 6) is 1.33. The zero-order valence-corrected chi connectivity index (χ0v) is 15.4. The number of amides is 1. The van der Waals surface area contributed by atoms with Gasteiger partial charge in [0.05, 0.1) is 18.4 Å². The molecule has 0 atom stereocenters. The lowest BCUT2D eigenvalue weighted by molar-refractivity contribution is 0.0796. The molecule has 6 nitrogen and oxygen atoms in total. The fourth-order valence-electron chi connectivity index (χ4n) is 2.65. The topological polar surface area (TPSA) is 67.3 Å². The first-order chi connectivity index (χ1) is 13.2. The average Bonchev–Trinajstić information content (AvgIpc) is 2.73. The van der Waals surface area contributed by atoms with Crippen molar-refractivity contribution in [3.8, 4) is 5.75 Å². The molecule has 0 spiro atoms. The number of anilines is 2. The zero-order chi connectivity index (χ0) is 19.1. The molecule has 0 saturated heterocycles. The van der Waals surface area contributed by atoms with Gasteiger partial charge < -0.3 is 15.0 Å². The number of methoxy groups -OCH3 is 1. The van der Waals surface area contributed by atoms with Crippen LogP contribution in [0.25, 0.3) is 0 Å². The summed E-state index contributed by atoms with van der Waals surface area (Å²) in [5, 5.41) is 3.20. The van der Waals surface area contributed by atoms with Crippen molar-refractivity contribution in [3.05, 3.63) is 78.2 Å². The van der Waals surface area contributed by atoms with Gasteiger partial charge in [-0.25, -0.2) is 4.98 Å². The first-order valence-corrected chi connectivity index (χ1v) is 8.68. The maximum atomic E-state index is 12.6. The molecule has 2 aromatic heterocycles. The second kappa shape index (κ2) is 8.80. The van der Waals surface area contributed by atoms with E-state index in [0.717, 1.165) is 23.4 Å². The van der Waals surface area contributed by atoms with Crippen molar-refractivity contribution in [3.63, 3.8) is 0 Å². The molecule has 6 heteroatoms. The second-order valence-corrected chi connectivity index (χ2v) is 6.09. The number of carbonyl (C=O) groups excluding carboxylic acids is 1. The van der Waals surface area contributed by atoms with Crippen LogP contribution in [0, 0.1) is 0 Å². The van der Waals surface area contributed by atoms with E-state index in [4.69, 9.17) is 4.74 Å². The van der Waals surface area contributed by atoms with Gasteiger partial charge in [0.2, 0.25) is 0 Å². The van der Waals surface area contributed by atoms with E-state index >= 15 is 0 Å². The van der Waals surface area contributed by atoms with Gasteiger partial charge in [0.25, 0.3) is 5.91 Å². The number of ether oxygens (including phenoxy) is 1. The fraction of sp³-hybridized carbons (Fsp3) is 0.190. The van der Waals surface area contributed by atoms with Crippen molar-refractivity contribution in [1.29, 1.82) is 0 Å². The Kier molecular flexibility index (Phi) is 5.99. The number of benzene rings is 1. The average molecular weight is 362 g/mol. The maximum Gasteiger partial charge on any atom is 0.255 e. The molecule has 138 valence electrons. The lowest BCUT2D eigenvalue weighted by Crippen LogP contribution is -2.28. The molecule has 0 unspecified atom stereocenters. The minimum atomic E-state index is -0.0552. The summed E-state index contributed by atoms with van der Waals surface area (Å²) in [4.78, 5) is 22.6. The molecule has 0 aliphatic carbocycles. The number of nitrogens with zero attached hydrogens (tertiary/aromatic N) is 3. The van der Waals surface area contributed by atoms with Crippen molar-refractivity contribution in [2.45, 2.75) is 6.42 Å². The van der Waals surface area contributed by atoms with Crippen LogP contribution in [0.4, 0.5) is 11.5 Å². The highest BCUT2D eigenvalue weighted by atomic mass is 16.5. The quantitative estimate of drug-likeness (QED) is 0.696. The monoisotopic (exact) mass is 362 g/mol. The smallest absolute Gasteiger partial charge is 0.255 e. The highest BCUT2D eigenvalue weighted by Gasteiger charge is 2.12. The molecule has 1 N–H and O–H groups in total. The number of nitrogens with one attached hydrogen (secondary N) is 1. The highest BCUT2D eigenvalue weighted by molar-refractivity contribution is 5.94. The van der Waals surface area contributed by atoms with E-state index in [-0.39, 0.29) is 5.91 Å². The van der Waals surface area contributed by atoms with Crippen molar-refractivity contribution >= 4 is 17.4 Å². The summed E-state index contributed by atoms with van der Waals surface area (Å²) in [6, 6.07) is 15.1. The van der Waals surface area contributed by atoms with E-state index in [2.05, 4.69) is 15.3 Å². The predicted octanol–water partition coefficient (Wildman–Crippen LogP) is 3.54. The van der Waals surface area contributed by atoms with Gasteiger partial charge in [-0.15, -0.1) is 0 Å². The van der Waals surface area contributed by atoms with Crippen LogP contribution in [0.3, 0.4) is 0 Å². The van der Waals surface area contributed by atoms with Gasteiger partial charge in [0.1, 0.15) is 11.6 Å². The molecule has 3 aromatic rings. The number of likely N-dealkylation sites (N-methyl/N-ethyl adjacent to an activating group) is 1. The third kappa shape index (κ3) is 4.82. The van der Waals surface area contributed by atoms with E-state index in [9.17, 15) is 4.79 Å². The molecule has 0 aliphatic rings. The lowest BCUT2D eigenvalue weighted by Gasteiger charge is -2.17. The molecule has 2 heterocycles. The Morgan fingerprint density at radius 3 is 2.59 bits per heavy atom. The van der Waals surface area contributed by atoms with Crippen molar-refractivity contribution < 1.29 is 9.53 Å². The minimum Gasteiger partial charge on any atom is -0.495 e. The molecule has 1 amide bonds. The van der Waals surface area contributed by atoms with Crippen molar-refractivity contribution in [2.75, 3.05) is 26.0 Å². The van der Waals surface area contributed by atoms with Gasteiger partial charge in [-0.2, -0.15) is 0 Å². The Labute approximate surface area is 158 Å². The van der Waals surface area contributed by atoms with Crippen LogP contribution >= 0.6 is 0 Å². The van der Waals surface area contributed by atoms with Crippen molar-refractivity contribution in [2.24, 2.45) is 0 Å². The SMILES string of the molecule is COc1ccccc1Nc1ccc(C(=O)N(C)CCc2ccncc2)cn1. The Bertz CT molecular complexity index is 882. The van der Waals surface area contributed by atoms with Gasteiger partial charge >= 0.3 is 0 Å². The van der Waals surface area contributed by atoms with Crippen LogP contribution in [0.5, 0.6) is 5.75 Å². The Morgan fingerprint density at radius 2 is 1.89 bits per heavy atom. The minimum absolute atomic E-state index is 0.0552. The maximum absolute atomic E-state index is 12.6. The standard InChI is InChI=1S/C21H22N4O2/c1-25(14-11-16-9-12-22-13-10-16)21(26)17-7-8-20(23-15-17)24-18-5-3-4-6-19(18)27-2/h3-10,12-13,15H,11,14H2,1-2H3,(H,23,24). The number of para-hydroxylation sites is 2. The largest absolute Gasteiger partial charge is 0.495 e. The fourth-order valence-corrected chi connectivity index (χ4v) is 2.65. The number of hydrogen-bond donors (Lipinski definition) is 1. The number of hydrogen-bond acceptors (Lipinski definition) is 5. The summed E-state index contributed by atoms with van der Waals surface area (Å²) < 4.78 is 5.32. The Balaban J connectivity index is 1.61. The zero-order valence-electron chi connectivity index (χ0n) is 15.4. The summed E-state index contributed by atoms with van der Waals surface area (Å²) >= 11 is 0. The van der Waals surface area contributed by atoms with E-state index < -0.39 is 0 Å². The number of pyridine rings is 2. The summed E-state index contributed by atoms with van der Waals surface area (Å²) in [6.07, 6.45) is 5.89. The van der Waals surface area contributed by atoms with Gasteiger partial charge in [0, 0.05) is 32.2 Å². The van der Waals surface area contributed by atoms with E-state index in [0.29, 0.717) is 17.9 Å². The van der Waals surface area contributed by atoms with Gasteiger partial charge in [0.15, 0.2) is 0 Å². The van der Waals surface area contributed by atoms with Gasteiger partial charge in [-0.3, -0.25) is 9.78 Å². The van der Waals surface area contributed by atoms with Crippen LogP contribution in [0.1, 0.15) is 15.9 Å². The van der Waals surface area contributed by atoms with E-state index in [1.165, 1.54) is 0 Å². The molecular formula is C21H22N4O2. The lowest BCUT2D eigenvalue weighted by atomic mass is 10.2. The first-order valence-electron chi connectivity index (χ1n) is 8.68. The summed E-state index contributed by atoms with van der Waals surface area (Å²) in [6.45, 7) is 0.629. The van der Waals surface area contributed by atoms with Crippen LogP contribution in [0.15, 0.2) is 67.1 Å². The summed E-state index contributed by atoms with van der Waals surface area (Å²) in [7, 11) is 3.42. The Hall–Kier alpha value is -3.41. The molecule has 27 heavy (non-hydrogen) atoms. The predicted molar refractivity (Wildman–Crippen MR) is 105 cm³/mol. The number of carbonyl (C=O) groups is 1. The van der Waals surface area contributed by atoms with Crippen LogP contribution in [0.2, 0.25) is 0 Å². The highest BCUT2D eigenvalue weighted by Crippen LogP contribution is 2.26. The Morgan fingerprint density at radius 1 is 1.11 bits per heavy atom. The van der Waals surface area contributed by atoms with Gasteiger partial charge in [-0.1, -0.05) is 12.1 Å². The van der Waals surface area contributed by atoms with E-state index in [1.54, 1.807) is 49.8 Å². The molecule has 0 fully saturated rings. The molecule has 0 bridgehead atoms. The molecule has 0 aliphatic heterocycles. The van der Waals surface area contributed by atoms with Crippen LogP contribution in [-0.4, -0.2) is 41.5 Å². The number of aromatic nitrogens is 2. The molecule has 0 saturated carbocycles. The molecule has 3 rings (SSSR count). The third-order valence-electron chi connectivity index (χ3n) is 4.21. The van der Waals surface area contributed by atoms with Crippen molar-refractivity contribution in [1.82, 2.24) is 14.9 Å². The molecule has 0 radical (unpaired) electrons. The van der Waals surface area contributed by atoms with E-state index in [1.807, 2.05) is 36.4 Å². The number of rotatable bonds is 7. The van der Waals surface area contributed by atoms with Crippen LogP contribution in [-0.2, 0) is 6.42 Å². The van der Waals surface area contributed by atoms with Crippen LogP contribution < -0.4 is 10.1 Å².